The third-order valence-electron chi connectivity index (χ3n) is 12.0. The molecule has 14 heteroatoms. The van der Waals surface area contributed by atoms with Crippen molar-refractivity contribution in [3.63, 3.8) is 0 Å². The first-order chi connectivity index (χ1) is 30.9. The van der Waals surface area contributed by atoms with Gasteiger partial charge in [0.2, 0.25) is 5.91 Å². The van der Waals surface area contributed by atoms with Crippen molar-refractivity contribution in [2.75, 3.05) is 13.2 Å². The summed E-state index contributed by atoms with van der Waals surface area (Å²) in [4.78, 5) is 13.1. The van der Waals surface area contributed by atoms with Crippen molar-refractivity contribution in [1.29, 1.82) is 0 Å². The number of aliphatic hydroxyl groups is 5. The molecule has 1 amide bonds. The number of aliphatic hydroxyl groups excluding tert-OH is 5. The minimum atomic E-state index is -5.13. The molecular weight excluding hydrogens is 839 g/mol. The average Bonchev–Trinajstić information content (AvgIpc) is 3.27. The summed E-state index contributed by atoms with van der Waals surface area (Å²) >= 11 is 0. The highest BCUT2D eigenvalue weighted by atomic mass is 32.3. The van der Waals surface area contributed by atoms with Crippen LogP contribution in [0.1, 0.15) is 213 Å². The minimum absolute atomic E-state index is 0.223. The van der Waals surface area contributed by atoms with Crippen molar-refractivity contribution in [1.82, 2.24) is 5.32 Å². The summed E-state index contributed by atoms with van der Waals surface area (Å²) in [6.07, 6.45) is 36.5. The van der Waals surface area contributed by atoms with Gasteiger partial charge in [0, 0.05) is 0 Å². The Balaban J connectivity index is 2.56. The van der Waals surface area contributed by atoms with Crippen LogP contribution in [0, 0.1) is 0 Å². The smallest absolute Gasteiger partial charge is 0.394 e. The van der Waals surface area contributed by atoms with Gasteiger partial charge in [-0.25, -0.2) is 4.18 Å². The van der Waals surface area contributed by atoms with Crippen molar-refractivity contribution in [3.05, 3.63) is 36.5 Å². The van der Waals surface area contributed by atoms with Gasteiger partial charge in [-0.3, -0.25) is 9.35 Å². The summed E-state index contributed by atoms with van der Waals surface area (Å²) in [5.41, 5.74) is 0. The van der Waals surface area contributed by atoms with Gasteiger partial charge in [0.1, 0.15) is 30.5 Å². The lowest BCUT2D eigenvalue weighted by molar-refractivity contribution is -0.298. The maximum atomic E-state index is 13.1. The fourth-order valence-corrected chi connectivity index (χ4v) is 8.45. The lowest BCUT2D eigenvalue weighted by Gasteiger charge is -2.41. The first-order valence-electron chi connectivity index (χ1n) is 25.5. The lowest BCUT2D eigenvalue weighted by atomic mass is 9.99. The molecule has 13 nitrogen and oxygen atoms in total. The van der Waals surface area contributed by atoms with E-state index in [0.717, 1.165) is 51.4 Å². The van der Waals surface area contributed by atoms with E-state index in [1.165, 1.54) is 134 Å². The molecule has 0 aliphatic carbocycles. The van der Waals surface area contributed by atoms with Crippen LogP contribution >= 0.6 is 0 Å². The number of amides is 1. The summed E-state index contributed by atoms with van der Waals surface area (Å²) in [6, 6.07) is -1.14. The number of carbonyl (C=O) groups is 1. The van der Waals surface area contributed by atoms with Gasteiger partial charge < -0.3 is 40.3 Å². The molecule has 1 fully saturated rings. The molecule has 1 heterocycles. The van der Waals surface area contributed by atoms with Crippen molar-refractivity contribution in [3.8, 4) is 0 Å². The summed E-state index contributed by atoms with van der Waals surface area (Å²) in [6.45, 7) is 3.21. The zero-order valence-electron chi connectivity index (χ0n) is 40.0. The summed E-state index contributed by atoms with van der Waals surface area (Å²) in [5, 5.41) is 55.3. The molecule has 1 saturated heterocycles. The molecule has 8 unspecified atom stereocenters. The van der Waals surface area contributed by atoms with E-state index in [2.05, 4.69) is 47.7 Å². The third-order valence-corrected chi connectivity index (χ3v) is 12.5. The van der Waals surface area contributed by atoms with Gasteiger partial charge in [-0.15, -0.1) is 0 Å². The normalized spacial score (nSPS) is 21.0. The van der Waals surface area contributed by atoms with Gasteiger partial charge in [0.15, 0.2) is 6.29 Å². The van der Waals surface area contributed by atoms with Crippen LogP contribution < -0.4 is 5.32 Å². The molecule has 0 saturated carbocycles. The first kappa shape index (κ1) is 60.3. The van der Waals surface area contributed by atoms with Crippen LogP contribution in [0.15, 0.2) is 36.5 Å². The van der Waals surface area contributed by atoms with E-state index in [-0.39, 0.29) is 6.42 Å². The fraction of sp³-hybridized carbons (Fsp3) is 0.860. The van der Waals surface area contributed by atoms with E-state index < -0.39 is 78.5 Å². The van der Waals surface area contributed by atoms with Crippen molar-refractivity contribution >= 4 is 16.3 Å². The van der Waals surface area contributed by atoms with Gasteiger partial charge in [-0.2, -0.15) is 8.42 Å². The predicted molar refractivity (Wildman–Crippen MR) is 256 cm³/mol. The van der Waals surface area contributed by atoms with Gasteiger partial charge in [0.05, 0.1) is 25.4 Å². The number of ether oxygens (including phenoxy) is 2. The Kier molecular flexibility index (Phi) is 38.0. The Morgan fingerprint density at radius 2 is 1.05 bits per heavy atom. The number of carbonyl (C=O) groups excluding carboxylic acids is 1. The standard InChI is InChI=1S/C50H93NO12S/c1-3-5-7-9-11-13-15-17-19-20-21-22-23-25-26-28-30-32-34-36-38-43(53)42(41-61-50-47(56)48(63-64(58,59)60)46(55)45(40-52)62-50)51-49(57)44(54)39-37-35-33-31-29-27-24-18-16-14-12-10-8-6-4-2/h24,27-28,30,36,38,42-48,50,52-56H,3-23,25-26,29,31-35,37,39-41H2,1-2H3,(H,51,57)(H,58,59,60)/b27-24-,30-28+,38-36+. The van der Waals surface area contributed by atoms with Gasteiger partial charge in [-0.1, -0.05) is 192 Å². The zero-order chi connectivity index (χ0) is 47.1. The van der Waals surface area contributed by atoms with Crippen LogP contribution in [0.5, 0.6) is 0 Å². The van der Waals surface area contributed by atoms with E-state index in [0.29, 0.717) is 12.8 Å². The number of hydrogen-bond donors (Lipinski definition) is 7. The quantitative estimate of drug-likeness (QED) is 0.0173. The van der Waals surface area contributed by atoms with E-state index >= 15 is 0 Å². The number of hydrogen-bond acceptors (Lipinski definition) is 11. The Labute approximate surface area is 388 Å². The van der Waals surface area contributed by atoms with Gasteiger partial charge in [0.25, 0.3) is 0 Å². The monoisotopic (exact) mass is 932 g/mol. The SMILES string of the molecule is CCCCCCCCC/C=C\CCCCCCC(O)C(=O)NC(COC1OC(CO)C(O)C(OS(=O)(=O)O)C1O)C(O)/C=C/CC/C=C/CCCCCCCCCCCCCCCC. The summed E-state index contributed by atoms with van der Waals surface area (Å²) < 4.78 is 47.6. The predicted octanol–water partition coefficient (Wildman–Crippen LogP) is 9.64. The van der Waals surface area contributed by atoms with E-state index in [1.807, 2.05) is 0 Å². The second kappa shape index (κ2) is 40.4. The van der Waals surface area contributed by atoms with E-state index in [1.54, 1.807) is 6.08 Å². The molecule has 64 heavy (non-hydrogen) atoms. The van der Waals surface area contributed by atoms with Crippen LogP contribution in [0.4, 0.5) is 0 Å². The Morgan fingerprint density at radius 1 is 0.625 bits per heavy atom. The highest BCUT2D eigenvalue weighted by Gasteiger charge is 2.48. The number of unbranched alkanes of at least 4 members (excludes halogenated alkanes) is 26. The molecular formula is C50H93NO12S. The molecule has 7 N–H and O–H groups in total. The topological polar surface area (TPSA) is 212 Å². The fourth-order valence-electron chi connectivity index (χ4n) is 7.94. The molecule has 1 aliphatic heterocycles. The lowest BCUT2D eigenvalue weighted by Crippen LogP contribution is -2.61. The highest BCUT2D eigenvalue weighted by molar-refractivity contribution is 7.80. The van der Waals surface area contributed by atoms with Crippen LogP contribution in [-0.4, -0.2) is 107 Å². The van der Waals surface area contributed by atoms with Crippen molar-refractivity contribution in [2.24, 2.45) is 0 Å². The third kappa shape index (κ3) is 32.1. The second-order valence-electron chi connectivity index (χ2n) is 17.9. The molecule has 1 rings (SSSR count). The maximum Gasteiger partial charge on any atom is 0.397 e. The van der Waals surface area contributed by atoms with Crippen LogP contribution in [0.3, 0.4) is 0 Å². The molecule has 0 spiro atoms. The zero-order valence-corrected chi connectivity index (χ0v) is 40.8. The highest BCUT2D eigenvalue weighted by Crippen LogP contribution is 2.26. The molecule has 0 bridgehead atoms. The molecule has 0 aromatic heterocycles. The van der Waals surface area contributed by atoms with Gasteiger partial charge in [-0.05, 0) is 57.8 Å². The molecule has 1 aliphatic rings. The molecule has 376 valence electrons. The van der Waals surface area contributed by atoms with Crippen LogP contribution in [0.2, 0.25) is 0 Å². The van der Waals surface area contributed by atoms with Crippen molar-refractivity contribution in [2.45, 2.75) is 262 Å². The molecule has 0 aromatic rings. The van der Waals surface area contributed by atoms with Gasteiger partial charge >= 0.3 is 10.4 Å². The average molecular weight is 932 g/mol. The van der Waals surface area contributed by atoms with Crippen LogP contribution in [0.25, 0.3) is 0 Å². The number of rotatable bonds is 43. The molecule has 0 radical (unpaired) electrons. The largest absolute Gasteiger partial charge is 0.397 e. The summed E-state index contributed by atoms with van der Waals surface area (Å²) in [7, 11) is -5.13. The van der Waals surface area contributed by atoms with E-state index in [4.69, 9.17) is 9.47 Å². The van der Waals surface area contributed by atoms with E-state index in [9.17, 15) is 43.3 Å². The van der Waals surface area contributed by atoms with Crippen LogP contribution in [-0.2, 0) is 28.9 Å². The Hall–Kier alpha value is -1.72. The molecule has 0 aromatic carbocycles. The first-order valence-corrected chi connectivity index (χ1v) is 26.8. The number of nitrogens with one attached hydrogen (secondary N) is 1. The van der Waals surface area contributed by atoms with Crippen molar-refractivity contribution < 1.29 is 57.0 Å². The Bertz CT molecular complexity index is 1300. The Morgan fingerprint density at radius 3 is 1.50 bits per heavy atom. The minimum Gasteiger partial charge on any atom is -0.394 e. The second-order valence-corrected chi connectivity index (χ2v) is 18.9. The number of allylic oxidation sites excluding steroid dienone is 5. The summed E-state index contributed by atoms with van der Waals surface area (Å²) in [5.74, 6) is -0.720. The molecule has 8 atom stereocenters. The maximum absolute atomic E-state index is 13.1.